The van der Waals surface area contributed by atoms with E-state index in [0.717, 1.165) is 5.56 Å². The summed E-state index contributed by atoms with van der Waals surface area (Å²) in [6, 6.07) is 9.62. The number of fused-ring (bicyclic) bond motifs is 1. The van der Waals surface area contributed by atoms with E-state index in [4.69, 9.17) is 4.74 Å². The van der Waals surface area contributed by atoms with Gasteiger partial charge >= 0.3 is 5.56 Å². The summed E-state index contributed by atoms with van der Waals surface area (Å²) in [6.07, 6.45) is 6.89. The van der Waals surface area contributed by atoms with Crippen molar-refractivity contribution in [3.05, 3.63) is 76.2 Å². The standard InChI is InChI=1S/C19H13FN4O2S/c1-26-16-15(9-4-12-3-2-10-21-11-12)22-19-24(18(16)25)23-17(27-19)13-5-7-14(20)8-6-13/h2-11H,1H3/b9-4+. The molecule has 4 rings (SSSR count). The summed E-state index contributed by atoms with van der Waals surface area (Å²) in [6.45, 7) is 0. The molecule has 1 aromatic carbocycles. The number of hydrogen-bond acceptors (Lipinski definition) is 6. The van der Waals surface area contributed by atoms with Gasteiger partial charge in [0.1, 0.15) is 16.5 Å². The zero-order valence-corrected chi connectivity index (χ0v) is 15.0. The molecule has 8 heteroatoms. The van der Waals surface area contributed by atoms with Crippen LogP contribution in [0.2, 0.25) is 0 Å². The van der Waals surface area contributed by atoms with Crippen molar-refractivity contribution in [1.82, 2.24) is 19.6 Å². The van der Waals surface area contributed by atoms with Gasteiger partial charge in [0.05, 0.1) is 7.11 Å². The summed E-state index contributed by atoms with van der Waals surface area (Å²) in [5.41, 5.74) is 1.58. The SMILES string of the molecule is COc1c(/C=C/c2cccnc2)nc2sc(-c3ccc(F)cc3)nn2c1=O. The lowest BCUT2D eigenvalue weighted by Gasteiger charge is -2.03. The molecule has 0 N–H and O–H groups in total. The highest BCUT2D eigenvalue weighted by molar-refractivity contribution is 7.19. The van der Waals surface area contributed by atoms with E-state index in [1.165, 1.54) is 35.1 Å². The largest absolute Gasteiger partial charge is 0.490 e. The van der Waals surface area contributed by atoms with E-state index in [1.807, 2.05) is 12.1 Å². The number of benzene rings is 1. The zero-order chi connectivity index (χ0) is 18.8. The number of rotatable bonds is 4. The van der Waals surface area contributed by atoms with Crippen molar-refractivity contribution in [1.29, 1.82) is 0 Å². The fourth-order valence-electron chi connectivity index (χ4n) is 2.51. The number of pyridine rings is 1. The molecule has 27 heavy (non-hydrogen) atoms. The first kappa shape index (κ1) is 17.0. The van der Waals surface area contributed by atoms with E-state index >= 15 is 0 Å². The van der Waals surface area contributed by atoms with Crippen LogP contribution in [0, 0.1) is 5.82 Å². The third-order valence-corrected chi connectivity index (χ3v) is 4.77. The molecule has 0 atom stereocenters. The van der Waals surface area contributed by atoms with Gasteiger partial charge in [-0.15, -0.1) is 0 Å². The smallest absolute Gasteiger partial charge is 0.318 e. The van der Waals surface area contributed by atoms with Gasteiger partial charge < -0.3 is 4.74 Å². The lowest BCUT2D eigenvalue weighted by molar-refractivity contribution is 0.403. The first-order valence-corrected chi connectivity index (χ1v) is 8.79. The maximum Gasteiger partial charge on any atom is 0.318 e. The number of nitrogens with zero attached hydrogens (tertiary/aromatic N) is 4. The minimum atomic E-state index is -0.405. The van der Waals surface area contributed by atoms with Gasteiger partial charge in [-0.2, -0.15) is 9.61 Å². The van der Waals surface area contributed by atoms with E-state index in [2.05, 4.69) is 15.1 Å². The number of aromatic nitrogens is 4. The van der Waals surface area contributed by atoms with Crippen LogP contribution in [0.3, 0.4) is 0 Å². The predicted molar refractivity (Wildman–Crippen MR) is 102 cm³/mol. The molecule has 3 aromatic heterocycles. The molecule has 6 nitrogen and oxygen atoms in total. The summed E-state index contributed by atoms with van der Waals surface area (Å²) in [7, 11) is 1.42. The molecular formula is C19H13FN4O2S. The Morgan fingerprint density at radius 1 is 1.19 bits per heavy atom. The van der Waals surface area contributed by atoms with Gasteiger partial charge in [0, 0.05) is 18.0 Å². The van der Waals surface area contributed by atoms with Crippen LogP contribution in [0.25, 0.3) is 27.7 Å². The third kappa shape index (κ3) is 3.34. The van der Waals surface area contributed by atoms with Crippen molar-refractivity contribution in [3.63, 3.8) is 0 Å². The van der Waals surface area contributed by atoms with Gasteiger partial charge in [0.25, 0.3) is 0 Å². The monoisotopic (exact) mass is 380 g/mol. The summed E-state index contributed by atoms with van der Waals surface area (Å²) in [4.78, 5) is 21.7. The fourth-order valence-corrected chi connectivity index (χ4v) is 3.41. The van der Waals surface area contributed by atoms with Crippen LogP contribution in [-0.2, 0) is 0 Å². The van der Waals surface area contributed by atoms with Crippen LogP contribution in [0.1, 0.15) is 11.3 Å². The first-order valence-electron chi connectivity index (χ1n) is 7.97. The molecule has 0 amide bonds. The zero-order valence-electron chi connectivity index (χ0n) is 14.2. The quantitative estimate of drug-likeness (QED) is 0.542. The molecule has 0 spiro atoms. The van der Waals surface area contributed by atoms with E-state index in [-0.39, 0.29) is 11.6 Å². The molecular weight excluding hydrogens is 367 g/mol. The van der Waals surface area contributed by atoms with Gasteiger partial charge in [-0.25, -0.2) is 9.37 Å². The van der Waals surface area contributed by atoms with Gasteiger partial charge in [-0.3, -0.25) is 9.78 Å². The Hall–Kier alpha value is -3.39. The molecule has 0 saturated heterocycles. The number of hydrogen-bond donors (Lipinski definition) is 0. The summed E-state index contributed by atoms with van der Waals surface area (Å²) in [5, 5.41) is 4.87. The lowest BCUT2D eigenvalue weighted by atomic mass is 10.2. The van der Waals surface area contributed by atoms with Crippen molar-refractivity contribution in [2.24, 2.45) is 0 Å². The van der Waals surface area contributed by atoms with E-state index < -0.39 is 5.56 Å². The van der Waals surface area contributed by atoms with Crippen molar-refractivity contribution in [3.8, 4) is 16.3 Å². The maximum absolute atomic E-state index is 13.1. The van der Waals surface area contributed by atoms with E-state index in [0.29, 0.717) is 21.2 Å². The highest BCUT2D eigenvalue weighted by Crippen LogP contribution is 2.26. The Bertz CT molecular complexity index is 1180. The molecule has 0 fully saturated rings. The Kier molecular flexibility index (Phi) is 4.47. The van der Waals surface area contributed by atoms with Gasteiger partial charge in [0.2, 0.25) is 10.7 Å². The molecule has 0 aliphatic heterocycles. The lowest BCUT2D eigenvalue weighted by Crippen LogP contribution is -2.18. The molecule has 0 aliphatic rings. The van der Waals surface area contributed by atoms with Crippen LogP contribution in [0.5, 0.6) is 5.75 Å². The van der Waals surface area contributed by atoms with E-state index in [1.54, 1.807) is 36.7 Å². The molecule has 0 aliphatic carbocycles. The van der Waals surface area contributed by atoms with Crippen LogP contribution in [0.4, 0.5) is 4.39 Å². The minimum absolute atomic E-state index is 0.101. The van der Waals surface area contributed by atoms with Gasteiger partial charge in [0.15, 0.2) is 0 Å². The normalized spacial score (nSPS) is 11.3. The average molecular weight is 380 g/mol. The number of halogens is 1. The summed E-state index contributed by atoms with van der Waals surface area (Å²) >= 11 is 1.24. The molecule has 3 heterocycles. The molecule has 0 bridgehead atoms. The molecule has 134 valence electrons. The molecule has 0 saturated carbocycles. The number of ether oxygens (including phenoxy) is 1. The van der Waals surface area contributed by atoms with Crippen molar-refractivity contribution in [2.45, 2.75) is 0 Å². The third-order valence-electron chi connectivity index (χ3n) is 3.81. The molecule has 0 unspecified atom stereocenters. The predicted octanol–water partition coefficient (Wildman–Crippen LogP) is 3.53. The van der Waals surface area contributed by atoms with Crippen LogP contribution >= 0.6 is 11.3 Å². The van der Waals surface area contributed by atoms with Crippen LogP contribution < -0.4 is 10.3 Å². The topological polar surface area (TPSA) is 69.4 Å². The van der Waals surface area contributed by atoms with Crippen LogP contribution in [0.15, 0.2) is 53.6 Å². The Balaban J connectivity index is 1.82. The average Bonchev–Trinajstić information content (AvgIpc) is 3.12. The highest BCUT2D eigenvalue weighted by Gasteiger charge is 2.16. The highest BCUT2D eigenvalue weighted by atomic mass is 32.1. The second kappa shape index (κ2) is 7.08. The van der Waals surface area contributed by atoms with Crippen LogP contribution in [-0.4, -0.2) is 26.7 Å². The molecule has 4 aromatic rings. The van der Waals surface area contributed by atoms with Crippen molar-refractivity contribution >= 4 is 28.4 Å². The van der Waals surface area contributed by atoms with E-state index in [9.17, 15) is 9.18 Å². The summed E-state index contributed by atoms with van der Waals surface area (Å²) < 4.78 is 19.6. The van der Waals surface area contributed by atoms with Gasteiger partial charge in [-0.05, 0) is 42.0 Å². The Labute approximate surface area is 157 Å². The molecule has 0 radical (unpaired) electrons. The maximum atomic E-state index is 13.1. The first-order chi connectivity index (χ1) is 13.2. The number of methoxy groups -OCH3 is 1. The fraction of sp³-hybridized carbons (Fsp3) is 0.0526. The van der Waals surface area contributed by atoms with Gasteiger partial charge in [-0.1, -0.05) is 23.5 Å². The van der Waals surface area contributed by atoms with Crippen molar-refractivity contribution in [2.75, 3.05) is 7.11 Å². The summed E-state index contributed by atoms with van der Waals surface area (Å²) in [5.74, 6) is -0.233. The Morgan fingerprint density at radius 3 is 2.70 bits per heavy atom. The minimum Gasteiger partial charge on any atom is -0.490 e. The Morgan fingerprint density at radius 2 is 2.00 bits per heavy atom. The second-order valence-corrected chi connectivity index (χ2v) is 6.52. The van der Waals surface area contributed by atoms with Crippen molar-refractivity contribution < 1.29 is 9.13 Å². The second-order valence-electron chi connectivity index (χ2n) is 5.56.